The van der Waals surface area contributed by atoms with Gasteiger partial charge in [-0.05, 0) is 36.6 Å². The van der Waals surface area contributed by atoms with Gasteiger partial charge >= 0.3 is 0 Å². The summed E-state index contributed by atoms with van der Waals surface area (Å²) in [6.45, 7) is 1.22. The van der Waals surface area contributed by atoms with Gasteiger partial charge in [-0.15, -0.1) is 0 Å². The first-order valence-electron chi connectivity index (χ1n) is 8.27. The Hall–Kier alpha value is -3.26. The highest BCUT2D eigenvalue weighted by Crippen LogP contribution is 2.36. The Labute approximate surface area is 148 Å². The monoisotopic (exact) mass is 356 g/mol. The van der Waals surface area contributed by atoms with Gasteiger partial charge in [-0.1, -0.05) is 10.3 Å². The lowest BCUT2D eigenvalue weighted by Gasteiger charge is -2.30. The molecule has 4 rings (SSSR count). The van der Waals surface area contributed by atoms with Crippen molar-refractivity contribution in [2.75, 3.05) is 26.4 Å². The maximum Gasteiger partial charge on any atom is 0.231 e. The third-order valence-electron chi connectivity index (χ3n) is 4.54. The number of likely N-dealkylation sites (tertiary alicyclic amines) is 1. The lowest BCUT2D eigenvalue weighted by atomic mass is 9.96. The van der Waals surface area contributed by atoms with E-state index in [1.54, 1.807) is 4.90 Å². The van der Waals surface area contributed by atoms with Crippen LogP contribution in [-0.2, 0) is 4.79 Å². The van der Waals surface area contributed by atoms with Crippen molar-refractivity contribution in [1.82, 2.24) is 15.0 Å². The Morgan fingerprint density at radius 3 is 2.92 bits per heavy atom. The van der Waals surface area contributed by atoms with Gasteiger partial charge in [-0.2, -0.15) is 4.98 Å². The van der Waals surface area contributed by atoms with Gasteiger partial charge in [-0.25, -0.2) is 0 Å². The van der Waals surface area contributed by atoms with Crippen molar-refractivity contribution in [3.05, 3.63) is 34.5 Å². The largest absolute Gasteiger partial charge is 0.454 e. The van der Waals surface area contributed by atoms with Crippen LogP contribution in [0.3, 0.4) is 0 Å². The van der Waals surface area contributed by atoms with Gasteiger partial charge in [-0.3, -0.25) is 4.79 Å². The number of benzene rings is 1. The Balaban J connectivity index is 1.41. The van der Waals surface area contributed by atoms with Crippen molar-refractivity contribution in [3.63, 3.8) is 0 Å². The number of nitrogens with zero attached hydrogens (tertiary/aromatic N) is 6. The predicted octanol–water partition coefficient (Wildman–Crippen LogP) is 2.48. The molecule has 10 nitrogen and oxygen atoms in total. The fraction of sp³-hybridized carbons (Fsp3) is 0.438. The molecular weight excluding hydrogens is 340 g/mol. The summed E-state index contributed by atoms with van der Waals surface area (Å²) in [4.78, 5) is 20.7. The smallest absolute Gasteiger partial charge is 0.231 e. The van der Waals surface area contributed by atoms with Gasteiger partial charge in [0.25, 0.3) is 0 Å². The fourth-order valence-electron chi connectivity index (χ4n) is 3.12. The maximum atomic E-state index is 11.9. The summed E-state index contributed by atoms with van der Waals surface area (Å²) in [6, 6.07) is 5.51. The number of rotatable bonds is 4. The maximum absolute atomic E-state index is 11.9. The zero-order chi connectivity index (χ0) is 17.9. The fourth-order valence-corrected chi connectivity index (χ4v) is 3.12. The summed E-state index contributed by atoms with van der Waals surface area (Å²) >= 11 is 0. The summed E-state index contributed by atoms with van der Waals surface area (Å²) in [5.74, 6) is 2.39. The number of carbonyl (C=O) groups excluding carboxylic acids is 1. The van der Waals surface area contributed by atoms with Crippen LogP contribution in [0.2, 0.25) is 0 Å². The van der Waals surface area contributed by atoms with Crippen LogP contribution in [0.25, 0.3) is 21.8 Å². The van der Waals surface area contributed by atoms with E-state index in [4.69, 9.17) is 19.5 Å². The Morgan fingerprint density at radius 1 is 1.31 bits per heavy atom. The number of azide groups is 1. The van der Waals surface area contributed by atoms with Crippen LogP contribution in [0.5, 0.6) is 11.5 Å². The third-order valence-corrected chi connectivity index (χ3v) is 4.54. The molecule has 0 atom stereocenters. The first-order valence-corrected chi connectivity index (χ1v) is 8.27. The number of fused-ring (bicyclic) bond motifs is 1. The molecule has 1 saturated heterocycles. The molecule has 1 aromatic heterocycles. The van der Waals surface area contributed by atoms with E-state index in [-0.39, 0.29) is 25.2 Å². The summed E-state index contributed by atoms with van der Waals surface area (Å²) in [7, 11) is 0. The van der Waals surface area contributed by atoms with E-state index in [1.165, 1.54) is 0 Å². The Bertz CT molecular complexity index is 867. The van der Waals surface area contributed by atoms with Crippen molar-refractivity contribution < 1.29 is 18.8 Å². The second-order valence-corrected chi connectivity index (χ2v) is 6.07. The molecule has 0 radical (unpaired) electrons. The van der Waals surface area contributed by atoms with Crippen molar-refractivity contribution in [1.29, 1.82) is 0 Å². The van der Waals surface area contributed by atoms with E-state index < -0.39 is 0 Å². The standard InChI is InChI=1S/C16H16N6O4/c17-21-18-8-14(23)22-5-3-10(4-6-22)16-19-15(20-26-16)11-1-2-12-13(7-11)25-9-24-12/h1-2,7,10H,3-6,8-9H2. The molecule has 26 heavy (non-hydrogen) atoms. The molecule has 0 bridgehead atoms. The Kier molecular flexibility index (Phi) is 4.32. The molecule has 1 fully saturated rings. The molecule has 134 valence electrons. The lowest BCUT2D eigenvalue weighted by Crippen LogP contribution is -2.39. The number of hydrogen-bond donors (Lipinski definition) is 0. The van der Waals surface area contributed by atoms with Crippen molar-refractivity contribution in [3.8, 4) is 22.9 Å². The van der Waals surface area contributed by atoms with Crippen LogP contribution in [-0.4, -0.2) is 47.4 Å². The minimum Gasteiger partial charge on any atom is -0.454 e. The molecule has 0 unspecified atom stereocenters. The minimum absolute atomic E-state index is 0.105. The topological polar surface area (TPSA) is 126 Å². The normalized spacial score (nSPS) is 16.4. The quantitative estimate of drug-likeness (QED) is 0.470. The molecule has 1 amide bonds. The predicted molar refractivity (Wildman–Crippen MR) is 88.4 cm³/mol. The van der Waals surface area contributed by atoms with E-state index in [2.05, 4.69) is 20.2 Å². The van der Waals surface area contributed by atoms with Gasteiger partial charge in [0, 0.05) is 29.5 Å². The molecule has 2 aliphatic heterocycles. The van der Waals surface area contributed by atoms with E-state index in [1.807, 2.05) is 18.2 Å². The van der Waals surface area contributed by atoms with Crippen LogP contribution in [0.4, 0.5) is 0 Å². The van der Waals surface area contributed by atoms with Gasteiger partial charge in [0.15, 0.2) is 11.5 Å². The summed E-state index contributed by atoms with van der Waals surface area (Å²) in [6.07, 6.45) is 1.45. The molecule has 2 aliphatic rings. The molecule has 0 saturated carbocycles. The average Bonchev–Trinajstić information content (AvgIpc) is 3.35. The van der Waals surface area contributed by atoms with Crippen LogP contribution >= 0.6 is 0 Å². The number of carbonyl (C=O) groups is 1. The molecule has 3 heterocycles. The third kappa shape index (κ3) is 3.14. The zero-order valence-electron chi connectivity index (χ0n) is 13.9. The van der Waals surface area contributed by atoms with Crippen LogP contribution in [0.15, 0.2) is 27.8 Å². The highest BCUT2D eigenvalue weighted by atomic mass is 16.7. The number of amides is 1. The number of piperidine rings is 1. The van der Waals surface area contributed by atoms with Crippen LogP contribution in [0.1, 0.15) is 24.7 Å². The highest BCUT2D eigenvalue weighted by molar-refractivity contribution is 5.78. The molecule has 0 aliphatic carbocycles. The Morgan fingerprint density at radius 2 is 2.12 bits per heavy atom. The second kappa shape index (κ2) is 6.93. The molecular formula is C16H16N6O4. The average molecular weight is 356 g/mol. The molecule has 0 N–H and O–H groups in total. The lowest BCUT2D eigenvalue weighted by molar-refractivity contribution is -0.130. The SMILES string of the molecule is [N-]=[N+]=NCC(=O)N1CCC(c2nc(-c3ccc4c(c3)OCO4)no2)CC1. The zero-order valence-corrected chi connectivity index (χ0v) is 13.9. The van der Waals surface area contributed by atoms with Crippen LogP contribution < -0.4 is 9.47 Å². The van der Waals surface area contributed by atoms with Crippen molar-refractivity contribution in [2.24, 2.45) is 5.11 Å². The van der Waals surface area contributed by atoms with Gasteiger partial charge < -0.3 is 18.9 Å². The molecule has 2 aromatic rings. The minimum atomic E-state index is -0.159. The molecule has 10 heteroatoms. The summed E-state index contributed by atoms with van der Waals surface area (Å²) < 4.78 is 16.1. The van der Waals surface area contributed by atoms with Gasteiger partial charge in [0.2, 0.25) is 24.4 Å². The van der Waals surface area contributed by atoms with Gasteiger partial charge in [0.1, 0.15) is 6.54 Å². The van der Waals surface area contributed by atoms with E-state index in [0.717, 1.165) is 18.4 Å². The summed E-state index contributed by atoms with van der Waals surface area (Å²) in [5, 5.41) is 7.38. The first-order chi connectivity index (χ1) is 12.7. The highest BCUT2D eigenvalue weighted by Gasteiger charge is 2.27. The van der Waals surface area contributed by atoms with Gasteiger partial charge in [0.05, 0.1) is 0 Å². The molecule has 0 spiro atoms. The number of aromatic nitrogens is 2. The second-order valence-electron chi connectivity index (χ2n) is 6.07. The summed E-state index contributed by atoms with van der Waals surface area (Å²) in [5.41, 5.74) is 9.09. The van der Waals surface area contributed by atoms with Crippen LogP contribution in [0, 0.1) is 0 Å². The number of ether oxygens (including phenoxy) is 2. The first kappa shape index (κ1) is 16.2. The van der Waals surface area contributed by atoms with Crippen molar-refractivity contribution >= 4 is 5.91 Å². The number of hydrogen-bond acceptors (Lipinski definition) is 7. The van der Waals surface area contributed by atoms with E-state index in [9.17, 15) is 4.79 Å². The van der Waals surface area contributed by atoms with Crippen molar-refractivity contribution in [2.45, 2.75) is 18.8 Å². The van der Waals surface area contributed by atoms with E-state index in [0.29, 0.717) is 36.3 Å². The van der Waals surface area contributed by atoms with E-state index >= 15 is 0 Å². The molecule has 1 aromatic carbocycles.